The lowest BCUT2D eigenvalue weighted by Gasteiger charge is -2.32. The molecule has 0 aromatic heterocycles. The molecule has 0 aromatic carbocycles. The van der Waals surface area contributed by atoms with E-state index in [2.05, 4.69) is 37.2 Å². The van der Waals surface area contributed by atoms with Crippen molar-refractivity contribution in [1.29, 1.82) is 0 Å². The molecular formula is C44H79N7O12. The number of carbonyl (C=O) groups is 8. The lowest BCUT2D eigenvalue weighted by atomic mass is 9.97. The fourth-order valence-corrected chi connectivity index (χ4v) is 6.42. The Bertz CT molecular complexity index is 1530. The zero-order chi connectivity index (χ0) is 48.2. The van der Waals surface area contributed by atoms with Crippen LogP contribution < -0.4 is 37.2 Å². The summed E-state index contributed by atoms with van der Waals surface area (Å²) in [6, 6.07) is -6.64. The molecule has 1 rings (SSSR count). The molecule has 19 heteroatoms. The number of alkyl carbamates (subject to hydrolysis) is 1. The van der Waals surface area contributed by atoms with Gasteiger partial charge in [-0.1, -0.05) is 55.4 Å². The van der Waals surface area contributed by atoms with Crippen molar-refractivity contribution in [3.63, 3.8) is 0 Å². The molecule has 63 heavy (non-hydrogen) atoms. The first-order valence-corrected chi connectivity index (χ1v) is 22.3. The Hall–Kier alpha value is -4.52. The first kappa shape index (κ1) is 56.5. The highest BCUT2D eigenvalue weighted by Gasteiger charge is 2.38. The summed E-state index contributed by atoms with van der Waals surface area (Å²) >= 11 is 0. The van der Waals surface area contributed by atoms with E-state index in [1.807, 2.05) is 27.7 Å². The van der Waals surface area contributed by atoms with Gasteiger partial charge in [0.05, 0.1) is 7.11 Å². The zero-order valence-corrected chi connectivity index (χ0v) is 40.2. The quantitative estimate of drug-likeness (QED) is 0.140. The number of esters is 1. The van der Waals surface area contributed by atoms with Crippen LogP contribution in [0.25, 0.3) is 0 Å². The van der Waals surface area contributed by atoms with Crippen LogP contribution in [0.1, 0.15) is 129 Å². The topological polar surface area (TPSA) is 258 Å². The highest BCUT2D eigenvalue weighted by Crippen LogP contribution is 2.14. The van der Waals surface area contributed by atoms with Gasteiger partial charge in [0.15, 0.2) is 0 Å². The van der Waals surface area contributed by atoms with Crippen LogP contribution in [0.3, 0.4) is 0 Å². The van der Waals surface area contributed by atoms with Gasteiger partial charge in [0, 0.05) is 32.8 Å². The Kier molecular flexibility index (Phi) is 24.2. The predicted octanol–water partition coefficient (Wildman–Crippen LogP) is 2.38. The number of amides is 7. The maximum atomic E-state index is 14.1. The minimum absolute atomic E-state index is 0.00901. The molecule has 1 aliphatic rings. The monoisotopic (exact) mass is 898 g/mol. The van der Waals surface area contributed by atoms with E-state index in [1.165, 1.54) is 21.0 Å². The summed E-state index contributed by atoms with van der Waals surface area (Å²) in [4.78, 5) is 108. The van der Waals surface area contributed by atoms with Crippen LogP contribution in [0.5, 0.6) is 0 Å². The van der Waals surface area contributed by atoms with Gasteiger partial charge in [0.25, 0.3) is 0 Å². The van der Waals surface area contributed by atoms with E-state index >= 15 is 0 Å². The zero-order valence-electron chi connectivity index (χ0n) is 40.2. The second-order valence-corrected chi connectivity index (χ2v) is 19.2. The number of ether oxygens (including phenoxy) is 4. The molecule has 19 nitrogen and oxygen atoms in total. The number of rotatable bonds is 12. The average molecular weight is 898 g/mol. The van der Waals surface area contributed by atoms with Gasteiger partial charge in [-0.25, -0.2) is 9.59 Å². The molecule has 0 bridgehead atoms. The summed E-state index contributed by atoms with van der Waals surface area (Å²) in [5.74, 6) is -5.61. The van der Waals surface area contributed by atoms with Crippen molar-refractivity contribution in [3.8, 4) is 0 Å². The lowest BCUT2D eigenvalue weighted by Crippen LogP contribution is -2.63. The number of methoxy groups -OCH3 is 1. The molecule has 7 N–H and O–H groups in total. The van der Waals surface area contributed by atoms with Gasteiger partial charge in [0.2, 0.25) is 35.4 Å². The number of hydrogen-bond donors (Lipinski definition) is 7. The molecule has 1 heterocycles. The van der Waals surface area contributed by atoms with E-state index < -0.39 is 101 Å². The first-order chi connectivity index (χ1) is 29.2. The SMILES string of the molecule is COC(=O)C1CCOCCCCOCC[C@H](NC(=O)[C@@H](NC(=O)[C@@H](NC(=O)OC(C)(C)C)C(C)C)C(C)C)C(=O)NC(C)(C)C(=O)N[C@@H](CC(C)C)C(=O)NC(CC(C)C)C(=O)N1. The molecular weight excluding hydrogens is 819 g/mol. The molecule has 1 fully saturated rings. The Morgan fingerprint density at radius 1 is 0.698 bits per heavy atom. The molecule has 2 unspecified atom stereocenters. The van der Waals surface area contributed by atoms with Crippen molar-refractivity contribution >= 4 is 47.5 Å². The summed E-state index contributed by atoms with van der Waals surface area (Å²) in [6.45, 7) is 23.2. The second-order valence-electron chi connectivity index (χ2n) is 19.2. The van der Waals surface area contributed by atoms with Crippen LogP contribution in [0.15, 0.2) is 0 Å². The molecule has 1 saturated heterocycles. The minimum atomic E-state index is -1.63. The first-order valence-electron chi connectivity index (χ1n) is 22.3. The van der Waals surface area contributed by atoms with E-state index in [0.717, 1.165) is 0 Å². The van der Waals surface area contributed by atoms with Crippen molar-refractivity contribution in [2.45, 2.75) is 176 Å². The van der Waals surface area contributed by atoms with Crippen molar-refractivity contribution in [2.75, 3.05) is 33.5 Å². The molecule has 0 radical (unpaired) electrons. The number of nitrogens with one attached hydrogen (secondary N) is 7. The highest BCUT2D eigenvalue weighted by atomic mass is 16.6. The average Bonchev–Trinajstić information content (AvgIpc) is 3.15. The third-order valence-corrected chi connectivity index (χ3v) is 9.90. The highest BCUT2D eigenvalue weighted by molar-refractivity contribution is 5.98. The van der Waals surface area contributed by atoms with Crippen molar-refractivity contribution in [2.24, 2.45) is 23.7 Å². The fourth-order valence-electron chi connectivity index (χ4n) is 6.42. The third-order valence-electron chi connectivity index (χ3n) is 9.90. The lowest BCUT2D eigenvalue weighted by molar-refractivity contribution is -0.146. The van der Waals surface area contributed by atoms with Gasteiger partial charge in [-0.2, -0.15) is 0 Å². The van der Waals surface area contributed by atoms with Gasteiger partial charge >= 0.3 is 12.1 Å². The predicted molar refractivity (Wildman–Crippen MR) is 236 cm³/mol. The van der Waals surface area contributed by atoms with Gasteiger partial charge < -0.3 is 56.2 Å². The molecule has 7 amide bonds. The standard InChI is InChI=1S/C44H79N7O12/c1-25(2)23-31-35(52)46-30(40(57)60-14)18-22-62-20-16-15-19-61-21-17-29(37(54)51-44(12,13)41(58)48-32(24-26(3)4)36(53)47-31)45-38(55)33(27(5)6)49-39(56)34(28(7)8)50-42(59)63-43(9,10)11/h25-34H,15-24H2,1-14H3,(H,45,55)(H,46,52)(H,47,53)(H,48,58)(H,49,56)(H,50,59)(H,51,54)/t29-,30?,31?,32-,33-,34-/m0/s1. The molecule has 0 saturated carbocycles. The Labute approximate surface area is 374 Å². The van der Waals surface area contributed by atoms with Crippen LogP contribution in [0.2, 0.25) is 0 Å². The molecule has 0 spiro atoms. The normalized spacial score (nSPS) is 22.8. The van der Waals surface area contributed by atoms with E-state index in [0.29, 0.717) is 26.1 Å². The second kappa shape index (κ2) is 27.0. The summed E-state index contributed by atoms with van der Waals surface area (Å²) < 4.78 is 21.8. The van der Waals surface area contributed by atoms with Crippen LogP contribution in [0, 0.1) is 23.7 Å². The smallest absolute Gasteiger partial charge is 0.408 e. The minimum Gasteiger partial charge on any atom is -0.467 e. The summed E-state index contributed by atoms with van der Waals surface area (Å²) in [7, 11) is 1.21. The molecule has 362 valence electrons. The summed E-state index contributed by atoms with van der Waals surface area (Å²) in [5.41, 5.74) is -2.44. The maximum absolute atomic E-state index is 14.1. The van der Waals surface area contributed by atoms with Gasteiger partial charge in [-0.05, 0) is 90.4 Å². The molecule has 0 aromatic rings. The van der Waals surface area contributed by atoms with E-state index in [1.54, 1.807) is 48.5 Å². The molecule has 0 aliphatic carbocycles. The van der Waals surface area contributed by atoms with Crippen LogP contribution in [0.4, 0.5) is 4.79 Å². The van der Waals surface area contributed by atoms with Crippen molar-refractivity contribution in [1.82, 2.24) is 37.2 Å². The van der Waals surface area contributed by atoms with E-state index in [4.69, 9.17) is 18.9 Å². The number of carbonyl (C=O) groups excluding carboxylic acids is 8. The fraction of sp³-hybridized carbons (Fsp3) is 0.818. The summed E-state index contributed by atoms with van der Waals surface area (Å²) in [5, 5.41) is 19.0. The van der Waals surface area contributed by atoms with Gasteiger partial charge in [0.1, 0.15) is 47.4 Å². The molecule has 1 aliphatic heterocycles. The maximum Gasteiger partial charge on any atom is 0.408 e. The van der Waals surface area contributed by atoms with Crippen molar-refractivity contribution in [3.05, 3.63) is 0 Å². The summed E-state index contributed by atoms with van der Waals surface area (Å²) in [6.07, 6.45) is 0.898. The van der Waals surface area contributed by atoms with Crippen molar-refractivity contribution < 1.29 is 57.3 Å². The number of hydrogen-bond acceptors (Lipinski definition) is 12. The molecule has 6 atom stereocenters. The van der Waals surface area contributed by atoms with Crippen LogP contribution in [-0.2, 0) is 52.5 Å². The van der Waals surface area contributed by atoms with E-state index in [-0.39, 0.29) is 56.7 Å². The Morgan fingerprint density at radius 3 is 1.68 bits per heavy atom. The largest absolute Gasteiger partial charge is 0.467 e. The Morgan fingerprint density at radius 2 is 1.19 bits per heavy atom. The van der Waals surface area contributed by atoms with Gasteiger partial charge in [-0.3, -0.25) is 28.8 Å². The van der Waals surface area contributed by atoms with Gasteiger partial charge in [-0.15, -0.1) is 0 Å². The Balaban J connectivity index is 3.48. The van der Waals surface area contributed by atoms with Crippen LogP contribution in [-0.4, -0.2) is 128 Å². The van der Waals surface area contributed by atoms with E-state index in [9.17, 15) is 38.4 Å². The third kappa shape index (κ3) is 21.6. The van der Waals surface area contributed by atoms with Crippen LogP contribution >= 0.6 is 0 Å².